The number of aromatic hydroxyl groups is 1. The lowest BCUT2D eigenvalue weighted by Crippen LogP contribution is -2.26. The minimum atomic E-state index is 0.363. The summed E-state index contributed by atoms with van der Waals surface area (Å²) < 4.78 is 11.6. The Balaban J connectivity index is 1.29. The number of likely N-dealkylation sites (N-methyl/N-ethyl adjacent to an activating group) is 1. The lowest BCUT2D eigenvalue weighted by molar-refractivity contribution is 0.232. The normalized spacial score (nSPS) is 16.9. The highest BCUT2D eigenvalue weighted by molar-refractivity contribution is 5.60. The third kappa shape index (κ3) is 6.22. The van der Waals surface area contributed by atoms with Crippen molar-refractivity contribution in [1.29, 1.82) is 0 Å². The molecule has 3 aromatic rings. The maximum atomic E-state index is 9.89. The molecule has 5 nitrogen and oxygen atoms in total. The SMILES string of the molecule is CCN(Cc1ccc(OCCN(C)C2CC2)cc1)c1cc(OC)ccc1C1CCc2cc(O)ccc2C1. The highest BCUT2D eigenvalue weighted by Gasteiger charge is 2.26. The van der Waals surface area contributed by atoms with E-state index in [1.54, 1.807) is 7.11 Å². The molecule has 196 valence electrons. The molecule has 0 spiro atoms. The topological polar surface area (TPSA) is 45.2 Å². The first-order valence-electron chi connectivity index (χ1n) is 13.7. The molecular formula is C32H40N2O3. The second-order valence-corrected chi connectivity index (χ2v) is 10.5. The number of fused-ring (bicyclic) bond motifs is 1. The van der Waals surface area contributed by atoms with Crippen LogP contribution in [0.4, 0.5) is 5.69 Å². The summed E-state index contributed by atoms with van der Waals surface area (Å²) >= 11 is 0. The largest absolute Gasteiger partial charge is 0.508 e. The monoisotopic (exact) mass is 500 g/mol. The van der Waals surface area contributed by atoms with E-state index in [9.17, 15) is 5.11 Å². The second-order valence-electron chi connectivity index (χ2n) is 10.5. The molecule has 0 saturated heterocycles. The van der Waals surface area contributed by atoms with Crippen molar-refractivity contribution in [3.8, 4) is 17.2 Å². The zero-order valence-electron chi connectivity index (χ0n) is 22.5. The first kappa shape index (κ1) is 25.5. The van der Waals surface area contributed by atoms with Crippen LogP contribution in [0, 0.1) is 0 Å². The summed E-state index contributed by atoms with van der Waals surface area (Å²) in [6.07, 6.45) is 5.72. The van der Waals surface area contributed by atoms with Gasteiger partial charge in [0.15, 0.2) is 0 Å². The molecule has 1 unspecified atom stereocenters. The molecule has 0 heterocycles. The third-order valence-corrected chi connectivity index (χ3v) is 8.00. The van der Waals surface area contributed by atoms with Crippen molar-refractivity contribution in [1.82, 2.24) is 4.90 Å². The van der Waals surface area contributed by atoms with E-state index in [-0.39, 0.29) is 0 Å². The average Bonchev–Trinajstić information content (AvgIpc) is 3.78. The van der Waals surface area contributed by atoms with Crippen molar-refractivity contribution in [2.75, 3.05) is 38.8 Å². The molecule has 2 aliphatic rings. The van der Waals surface area contributed by atoms with Gasteiger partial charge >= 0.3 is 0 Å². The summed E-state index contributed by atoms with van der Waals surface area (Å²) in [6.45, 7) is 5.66. The highest BCUT2D eigenvalue weighted by atomic mass is 16.5. The minimum Gasteiger partial charge on any atom is -0.508 e. The van der Waals surface area contributed by atoms with Gasteiger partial charge in [-0.05, 0) is 105 Å². The number of phenols is 1. The predicted octanol–water partition coefficient (Wildman–Crippen LogP) is 6.17. The fraction of sp³-hybridized carbons (Fsp3) is 0.438. The van der Waals surface area contributed by atoms with Crippen LogP contribution in [0.5, 0.6) is 17.2 Å². The van der Waals surface area contributed by atoms with Gasteiger partial charge in [0.1, 0.15) is 23.9 Å². The lowest BCUT2D eigenvalue weighted by atomic mass is 9.79. The van der Waals surface area contributed by atoms with Crippen molar-refractivity contribution in [2.45, 2.75) is 57.5 Å². The summed E-state index contributed by atoms with van der Waals surface area (Å²) in [7, 11) is 3.92. The van der Waals surface area contributed by atoms with Crippen LogP contribution in [0.3, 0.4) is 0 Å². The van der Waals surface area contributed by atoms with Crippen LogP contribution in [0.15, 0.2) is 60.7 Å². The van der Waals surface area contributed by atoms with Crippen molar-refractivity contribution in [2.24, 2.45) is 0 Å². The third-order valence-electron chi connectivity index (χ3n) is 8.00. The van der Waals surface area contributed by atoms with Crippen molar-refractivity contribution < 1.29 is 14.6 Å². The molecule has 2 aliphatic carbocycles. The van der Waals surface area contributed by atoms with Crippen LogP contribution in [-0.4, -0.2) is 49.9 Å². The molecule has 1 fully saturated rings. The Labute approximate surface area is 221 Å². The van der Waals surface area contributed by atoms with Gasteiger partial charge in [0.25, 0.3) is 0 Å². The van der Waals surface area contributed by atoms with Gasteiger partial charge < -0.3 is 24.4 Å². The van der Waals surface area contributed by atoms with Gasteiger partial charge in [-0.1, -0.05) is 24.3 Å². The minimum absolute atomic E-state index is 0.363. The van der Waals surface area contributed by atoms with Crippen LogP contribution in [0.2, 0.25) is 0 Å². The van der Waals surface area contributed by atoms with E-state index in [1.165, 1.54) is 40.8 Å². The molecule has 37 heavy (non-hydrogen) atoms. The van der Waals surface area contributed by atoms with Gasteiger partial charge in [-0.25, -0.2) is 0 Å². The van der Waals surface area contributed by atoms with Crippen LogP contribution in [-0.2, 0) is 19.4 Å². The number of rotatable bonds is 11. The van der Waals surface area contributed by atoms with Crippen molar-refractivity contribution in [3.63, 3.8) is 0 Å². The Morgan fingerprint density at radius 1 is 0.919 bits per heavy atom. The van der Waals surface area contributed by atoms with Gasteiger partial charge in [0.2, 0.25) is 0 Å². The zero-order chi connectivity index (χ0) is 25.8. The van der Waals surface area contributed by atoms with Crippen LogP contribution >= 0.6 is 0 Å². The van der Waals surface area contributed by atoms with Gasteiger partial charge in [-0.3, -0.25) is 0 Å². The van der Waals surface area contributed by atoms with E-state index in [2.05, 4.69) is 72.3 Å². The highest BCUT2D eigenvalue weighted by Crippen LogP contribution is 2.40. The number of nitrogens with zero attached hydrogens (tertiary/aromatic N) is 2. The van der Waals surface area contributed by atoms with Gasteiger partial charge in [0, 0.05) is 37.4 Å². The number of phenolic OH excluding ortho intramolecular Hbond substituents is 1. The Morgan fingerprint density at radius 3 is 2.43 bits per heavy atom. The van der Waals surface area contributed by atoms with E-state index in [1.807, 2.05) is 12.1 Å². The number of benzene rings is 3. The molecule has 0 aliphatic heterocycles. The number of anilines is 1. The average molecular weight is 501 g/mol. The number of hydrogen-bond donors (Lipinski definition) is 1. The number of aryl methyl sites for hydroxylation is 1. The molecule has 1 saturated carbocycles. The fourth-order valence-electron chi connectivity index (χ4n) is 5.56. The van der Waals surface area contributed by atoms with E-state index >= 15 is 0 Å². The van der Waals surface area contributed by atoms with Crippen molar-refractivity contribution >= 4 is 5.69 Å². The Morgan fingerprint density at radius 2 is 1.70 bits per heavy atom. The quantitative estimate of drug-likeness (QED) is 0.341. The molecule has 1 N–H and O–H groups in total. The molecule has 0 bridgehead atoms. The summed E-state index contributed by atoms with van der Waals surface area (Å²) in [4.78, 5) is 4.85. The maximum absolute atomic E-state index is 9.89. The summed E-state index contributed by atoms with van der Waals surface area (Å²) in [6, 6.07) is 21.7. The van der Waals surface area contributed by atoms with E-state index < -0.39 is 0 Å². The van der Waals surface area contributed by atoms with E-state index in [4.69, 9.17) is 9.47 Å². The van der Waals surface area contributed by atoms with Gasteiger partial charge in [-0.15, -0.1) is 0 Å². The van der Waals surface area contributed by atoms with Crippen LogP contribution in [0.25, 0.3) is 0 Å². The van der Waals surface area contributed by atoms with E-state index in [0.717, 1.165) is 63.0 Å². The van der Waals surface area contributed by atoms with Gasteiger partial charge in [0.05, 0.1) is 7.11 Å². The predicted molar refractivity (Wildman–Crippen MR) is 150 cm³/mol. The Hall–Kier alpha value is -3.18. The summed E-state index contributed by atoms with van der Waals surface area (Å²) in [5, 5.41) is 9.89. The fourth-order valence-corrected chi connectivity index (χ4v) is 5.56. The Kier molecular flexibility index (Phi) is 7.90. The first-order chi connectivity index (χ1) is 18.0. The molecule has 0 aromatic heterocycles. The molecular weight excluding hydrogens is 460 g/mol. The number of hydrogen-bond acceptors (Lipinski definition) is 5. The van der Waals surface area contributed by atoms with Crippen LogP contribution in [0.1, 0.15) is 54.4 Å². The maximum Gasteiger partial charge on any atom is 0.120 e. The lowest BCUT2D eigenvalue weighted by Gasteiger charge is -2.32. The molecule has 0 amide bonds. The Bertz CT molecular complexity index is 1190. The van der Waals surface area contributed by atoms with Crippen LogP contribution < -0.4 is 14.4 Å². The summed E-state index contributed by atoms with van der Waals surface area (Å²) in [5.41, 5.74) is 6.51. The second kappa shape index (κ2) is 11.5. The number of methoxy groups -OCH3 is 1. The molecule has 5 heteroatoms. The molecule has 1 atom stereocenters. The molecule has 3 aromatic carbocycles. The van der Waals surface area contributed by atoms with E-state index in [0.29, 0.717) is 11.7 Å². The smallest absolute Gasteiger partial charge is 0.120 e. The van der Waals surface area contributed by atoms with Crippen molar-refractivity contribution in [3.05, 3.63) is 82.9 Å². The molecule has 0 radical (unpaired) electrons. The number of ether oxygens (including phenoxy) is 2. The zero-order valence-corrected chi connectivity index (χ0v) is 22.5. The summed E-state index contributed by atoms with van der Waals surface area (Å²) in [5.74, 6) is 2.63. The first-order valence-corrected chi connectivity index (χ1v) is 13.7. The van der Waals surface area contributed by atoms with Gasteiger partial charge in [-0.2, -0.15) is 0 Å². The molecule has 5 rings (SSSR count). The standard InChI is InChI=1S/C32H40N2O3/c1-4-34(22-23-5-13-29(14-6-23)37-18-17-33(2)27-10-11-27)32-21-30(36-3)15-16-31(32)26-8-7-25-20-28(35)12-9-24(25)19-26/h5-6,9,12-16,20-21,26-27,35H,4,7-8,10-11,17-19,22H2,1-3H3.